The summed E-state index contributed by atoms with van der Waals surface area (Å²) < 4.78 is 9.93. The van der Waals surface area contributed by atoms with E-state index >= 15 is 0 Å². The molecule has 2 rings (SSSR count). The first-order valence-electron chi connectivity index (χ1n) is 5.45. The molecular formula is C13H14O4. The summed E-state index contributed by atoms with van der Waals surface area (Å²) in [5.74, 6) is -0.875. The Labute approximate surface area is 99.5 Å². The van der Waals surface area contributed by atoms with Crippen molar-refractivity contribution in [3.63, 3.8) is 0 Å². The van der Waals surface area contributed by atoms with Gasteiger partial charge in [0, 0.05) is 12.0 Å². The van der Waals surface area contributed by atoms with E-state index in [-0.39, 0.29) is 5.78 Å². The molecule has 0 aromatic heterocycles. The van der Waals surface area contributed by atoms with Crippen molar-refractivity contribution in [3.8, 4) is 5.75 Å². The fraction of sp³-hybridized carbons (Fsp3) is 0.385. The van der Waals surface area contributed by atoms with Gasteiger partial charge in [-0.1, -0.05) is 12.1 Å². The average Bonchev–Trinajstić information content (AvgIpc) is 2.37. The zero-order valence-corrected chi connectivity index (χ0v) is 9.86. The van der Waals surface area contributed by atoms with Gasteiger partial charge in [-0.2, -0.15) is 0 Å². The zero-order chi connectivity index (χ0) is 12.4. The number of carbonyl (C=O) groups excluding carboxylic acids is 2. The number of esters is 1. The molecule has 0 spiro atoms. The van der Waals surface area contributed by atoms with Gasteiger partial charge in [0.15, 0.2) is 5.78 Å². The van der Waals surface area contributed by atoms with Crippen LogP contribution in [0.4, 0.5) is 0 Å². The van der Waals surface area contributed by atoms with Crippen molar-refractivity contribution in [3.05, 3.63) is 29.3 Å². The van der Waals surface area contributed by atoms with E-state index in [0.717, 1.165) is 5.56 Å². The Hall–Kier alpha value is -1.84. The number of ketones is 1. The van der Waals surface area contributed by atoms with Crippen molar-refractivity contribution in [2.45, 2.75) is 18.8 Å². The molecule has 90 valence electrons. The summed E-state index contributed by atoms with van der Waals surface area (Å²) >= 11 is 0. The van der Waals surface area contributed by atoms with Crippen LogP contribution in [0.15, 0.2) is 18.2 Å². The molecule has 0 radical (unpaired) electrons. The number of ether oxygens (including phenoxy) is 2. The third-order valence-corrected chi connectivity index (χ3v) is 3.06. The molecule has 0 saturated carbocycles. The largest absolute Gasteiger partial charge is 0.496 e. The number of Topliss-reactive ketones (excluding diaryl/α,β-unsaturated/α-hetero) is 1. The van der Waals surface area contributed by atoms with Gasteiger partial charge in [0.2, 0.25) is 0 Å². The molecule has 0 amide bonds. The number of methoxy groups -OCH3 is 2. The molecule has 1 aromatic carbocycles. The van der Waals surface area contributed by atoms with E-state index < -0.39 is 11.9 Å². The molecule has 0 heterocycles. The first-order valence-corrected chi connectivity index (χ1v) is 5.45. The Morgan fingerprint density at radius 1 is 1.29 bits per heavy atom. The van der Waals surface area contributed by atoms with Crippen LogP contribution in [0.2, 0.25) is 0 Å². The summed E-state index contributed by atoms with van der Waals surface area (Å²) in [5.41, 5.74) is 1.65. The number of hydrogen-bond acceptors (Lipinski definition) is 4. The summed E-state index contributed by atoms with van der Waals surface area (Å²) in [6, 6.07) is 5.54. The normalized spacial score (nSPS) is 18.5. The molecular weight excluding hydrogens is 220 g/mol. The van der Waals surface area contributed by atoms with Gasteiger partial charge >= 0.3 is 5.97 Å². The van der Waals surface area contributed by atoms with Crippen molar-refractivity contribution in [2.24, 2.45) is 0 Å². The van der Waals surface area contributed by atoms with Gasteiger partial charge in [0.05, 0.1) is 14.2 Å². The smallest absolute Gasteiger partial charge is 0.320 e. The van der Waals surface area contributed by atoms with E-state index in [0.29, 0.717) is 24.2 Å². The topological polar surface area (TPSA) is 52.6 Å². The molecule has 4 nitrogen and oxygen atoms in total. The van der Waals surface area contributed by atoms with Crippen LogP contribution in [0.5, 0.6) is 5.75 Å². The van der Waals surface area contributed by atoms with Crippen molar-refractivity contribution in [1.29, 1.82) is 0 Å². The van der Waals surface area contributed by atoms with Crippen LogP contribution in [0.3, 0.4) is 0 Å². The zero-order valence-electron chi connectivity index (χ0n) is 9.86. The first-order chi connectivity index (χ1) is 8.19. The van der Waals surface area contributed by atoms with E-state index in [9.17, 15) is 9.59 Å². The fourth-order valence-electron chi connectivity index (χ4n) is 2.24. The highest BCUT2D eigenvalue weighted by molar-refractivity contribution is 6.06. The highest BCUT2D eigenvalue weighted by atomic mass is 16.5. The van der Waals surface area contributed by atoms with Crippen LogP contribution < -0.4 is 4.74 Å². The van der Waals surface area contributed by atoms with E-state index in [1.165, 1.54) is 14.2 Å². The van der Waals surface area contributed by atoms with Crippen molar-refractivity contribution < 1.29 is 19.1 Å². The molecule has 1 aliphatic carbocycles. The molecule has 4 heteroatoms. The summed E-state index contributed by atoms with van der Waals surface area (Å²) in [7, 11) is 2.82. The Bertz CT molecular complexity index is 450. The van der Waals surface area contributed by atoms with Crippen LogP contribution in [-0.2, 0) is 20.7 Å². The van der Waals surface area contributed by atoms with Gasteiger partial charge in [0.25, 0.3) is 0 Å². The summed E-state index contributed by atoms with van der Waals surface area (Å²) in [6.45, 7) is 0. The molecule has 0 fully saturated rings. The van der Waals surface area contributed by atoms with Gasteiger partial charge in [-0.25, -0.2) is 0 Å². The minimum atomic E-state index is -0.833. The molecule has 0 aliphatic heterocycles. The van der Waals surface area contributed by atoms with Crippen molar-refractivity contribution in [1.82, 2.24) is 0 Å². The second kappa shape index (κ2) is 4.57. The summed E-state index contributed by atoms with van der Waals surface area (Å²) in [6.07, 6.45) is 1.03. The quantitative estimate of drug-likeness (QED) is 0.574. The summed E-state index contributed by atoms with van der Waals surface area (Å²) in [5, 5.41) is 0. The number of fused-ring (bicyclic) bond motifs is 1. The first kappa shape index (κ1) is 11.6. The molecule has 1 aliphatic rings. The molecule has 0 N–H and O–H groups in total. The van der Waals surface area contributed by atoms with E-state index in [1.54, 1.807) is 6.07 Å². The number of aryl methyl sites for hydroxylation is 1. The number of carbonyl (C=O) groups is 2. The van der Waals surface area contributed by atoms with E-state index in [2.05, 4.69) is 0 Å². The van der Waals surface area contributed by atoms with Gasteiger partial charge < -0.3 is 9.47 Å². The third-order valence-electron chi connectivity index (χ3n) is 3.06. The van der Waals surface area contributed by atoms with E-state index in [1.807, 2.05) is 12.1 Å². The Morgan fingerprint density at radius 3 is 2.71 bits per heavy atom. The number of benzene rings is 1. The maximum Gasteiger partial charge on any atom is 0.320 e. The Kier molecular flexibility index (Phi) is 3.13. The Morgan fingerprint density at radius 2 is 2.06 bits per heavy atom. The van der Waals surface area contributed by atoms with Gasteiger partial charge in [-0.15, -0.1) is 0 Å². The van der Waals surface area contributed by atoms with Crippen LogP contribution in [-0.4, -0.2) is 26.0 Å². The SMILES string of the molecule is COC(=O)C1C(=O)CCc2cccc(OC)c21. The van der Waals surface area contributed by atoms with Gasteiger partial charge in [0.1, 0.15) is 11.7 Å². The van der Waals surface area contributed by atoms with Crippen LogP contribution in [0.1, 0.15) is 23.5 Å². The van der Waals surface area contributed by atoms with E-state index in [4.69, 9.17) is 9.47 Å². The highest BCUT2D eigenvalue weighted by Gasteiger charge is 2.36. The maximum absolute atomic E-state index is 11.9. The second-order valence-electron chi connectivity index (χ2n) is 3.96. The molecule has 1 aromatic rings. The maximum atomic E-state index is 11.9. The molecule has 0 saturated heterocycles. The Balaban J connectivity index is 2.56. The van der Waals surface area contributed by atoms with Crippen molar-refractivity contribution >= 4 is 11.8 Å². The van der Waals surface area contributed by atoms with Crippen LogP contribution >= 0.6 is 0 Å². The molecule has 1 atom stereocenters. The monoisotopic (exact) mass is 234 g/mol. The lowest BCUT2D eigenvalue weighted by molar-refractivity contribution is -0.146. The lowest BCUT2D eigenvalue weighted by atomic mass is 9.81. The number of rotatable bonds is 2. The van der Waals surface area contributed by atoms with Gasteiger partial charge in [-0.3, -0.25) is 9.59 Å². The van der Waals surface area contributed by atoms with Crippen LogP contribution in [0.25, 0.3) is 0 Å². The standard InChI is InChI=1S/C13H14O4/c1-16-10-5-3-4-8-6-7-9(14)12(11(8)10)13(15)17-2/h3-5,12H,6-7H2,1-2H3. The summed E-state index contributed by atoms with van der Waals surface area (Å²) in [4.78, 5) is 23.6. The molecule has 17 heavy (non-hydrogen) atoms. The lowest BCUT2D eigenvalue weighted by Gasteiger charge is -2.24. The lowest BCUT2D eigenvalue weighted by Crippen LogP contribution is -2.28. The fourth-order valence-corrected chi connectivity index (χ4v) is 2.24. The predicted octanol–water partition coefficient (Wildman–Crippen LogP) is 1.47. The minimum Gasteiger partial charge on any atom is -0.496 e. The van der Waals surface area contributed by atoms with Crippen LogP contribution in [0, 0.1) is 0 Å². The van der Waals surface area contributed by atoms with Gasteiger partial charge in [-0.05, 0) is 18.1 Å². The second-order valence-corrected chi connectivity index (χ2v) is 3.96. The average molecular weight is 234 g/mol. The highest BCUT2D eigenvalue weighted by Crippen LogP contribution is 2.36. The molecule has 0 bridgehead atoms. The predicted molar refractivity (Wildman–Crippen MR) is 61.1 cm³/mol. The molecule has 1 unspecified atom stereocenters. The third kappa shape index (κ3) is 1.90. The minimum absolute atomic E-state index is 0.103. The number of hydrogen-bond donors (Lipinski definition) is 0. The van der Waals surface area contributed by atoms with Crippen molar-refractivity contribution in [2.75, 3.05) is 14.2 Å².